The summed E-state index contributed by atoms with van der Waals surface area (Å²) < 4.78 is 10.8. The molecule has 0 fully saturated rings. The lowest BCUT2D eigenvalue weighted by Crippen LogP contribution is -1.94. The number of para-hydroxylation sites is 1. The second-order valence-corrected chi connectivity index (χ2v) is 4.40. The molecule has 2 aromatic carbocycles. The molecule has 0 saturated heterocycles. The van der Waals surface area contributed by atoms with Crippen molar-refractivity contribution in [3.8, 4) is 34.3 Å². The smallest absolute Gasteiger partial charge is 0.258 e. The molecular weight excluding hydrogens is 268 g/mol. The van der Waals surface area contributed by atoms with Gasteiger partial charge in [0.15, 0.2) is 0 Å². The van der Waals surface area contributed by atoms with E-state index in [-0.39, 0.29) is 5.75 Å². The van der Waals surface area contributed by atoms with Crippen LogP contribution in [0.5, 0.6) is 11.5 Å². The minimum absolute atomic E-state index is 0.155. The van der Waals surface area contributed by atoms with E-state index in [0.29, 0.717) is 29.6 Å². The third-order valence-corrected chi connectivity index (χ3v) is 2.95. The van der Waals surface area contributed by atoms with Crippen LogP contribution in [0.2, 0.25) is 0 Å². The first-order valence-corrected chi connectivity index (χ1v) is 6.63. The van der Waals surface area contributed by atoms with Crippen LogP contribution in [0.4, 0.5) is 0 Å². The quantitative estimate of drug-likeness (QED) is 0.793. The summed E-state index contributed by atoms with van der Waals surface area (Å²) in [6, 6.07) is 14.2. The highest BCUT2D eigenvalue weighted by atomic mass is 16.5. The number of aromatic nitrogens is 2. The highest BCUT2D eigenvalue weighted by Crippen LogP contribution is 2.30. The van der Waals surface area contributed by atoms with E-state index in [0.717, 1.165) is 5.56 Å². The fourth-order valence-electron chi connectivity index (χ4n) is 2.02. The Bertz CT molecular complexity index is 753. The largest absolute Gasteiger partial charge is 0.508 e. The average Bonchev–Trinajstić information content (AvgIpc) is 2.98. The normalized spacial score (nSPS) is 10.5. The topological polar surface area (TPSA) is 68.4 Å². The molecular formula is C16H14N2O3. The van der Waals surface area contributed by atoms with Crippen molar-refractivity contribution < 1.29 is 14.4 Å². The summed E-state index contributed by atoms with van der Waals surface area (Å²) in [7, 11) is 0. The van der Waals surface area contributed by atoms with Crippen LogP contribution < -0.4 is 4.74 Å². The Balaban J connectivity index is 1.99. The van der Waals surface area contributed by atoms with Crippen LogP contribution in [-0.2, 0) is 0 Å². The number of nitrogens with zero attached hydrogens (tertiary/aromatic N) is 2. The number of phenols is 1. The van der Waals surface area contributed by atoms with Gasteiger partial charge < -0.3 is 14.4 Å². The molecule has 0 saturated carbocycles. The van der Waals surface area contributed by atoms with Crippen LogP contribution in [0.25, 0.3) is 22.8 Å². The van der Waals surface area contributed by atoms with Crippen LogP contribution in [0.1, 0.15) is 6.92 Å². The molecule has 1 heterocycles. The second kappa shape index (κ2) is 5.66. The lowest BCUT2D eigenvalue weighted by Gasteiger charge is -2.05. The second-order valence-electron chi connectivity index (χ2n) is 4.40. The number of hydrogen-bond acceptors (Lipinski definition) is 5. The Labute approximate surface area is 121 Å². The number of ether oxygens (including phenoxy) is 1. The zero-order valence-corrected chi connectivity index (χ0v) is 11.5. The molecule has 3 aromatic rings. The summed E-state index contributed by atoms with van der Waals surface area (Å²) in [6.45, 7) is 2.49. The maximum Gasteiger partial charge on any atom is 0.258 e. The minimum Gasteiger partial charge on any atom is -0.508 e. The van der Waals surface area contributed by atoms with Gasteiger partial charge in [0.2, 0.25) is 5.82 Å². The fraction of sp³-hybridized carbons (Fsp3) is 0.125. The lowest BCUT2D eigenvalue weighted by molar-refractivity contribution is 0.341. The molecule has 0 amide bonds. The first-order valence-electron chi connectivity index (χ1n) is 6.63. The van der Waals surface area contributed by atoms with Crippen molar-refractivity contribution in [2.75, 3.05) is 6.61 Å². The van der Waals surface area contributed by atoms with Gasteiger partial charge in [-0.1, -0.05) is 23.4 Å². The van der Waals surface area contributed by atoms with E-state index in [9.17, 15) is 5.11 Å². The molecule has 3 rings (SSSR count). The van der Waals surface area contributed by atoms with Gasteiger partial charge in [0.25, 0.3) is 5.89 Å². The van der Waals surface area contributed by atoms with Crippen molar-refractivity contribution in [1.82, 2.24) is 10.1 Å². The highest BCUT2D eigenvalue weighted by Gasteiger charge is 2.14. The molecule has 1 N–H and O–H groups in total. The maximum atomic E-state index is 9.50. The molecule has 0 unspecified atom stereocenters. The van der Waals surface area contributed by atoms with E-state index in [1.54, 1.807) is 24.3 Å². The summed E-state index contributed by atoms with van der Waals surface area (Å²) in [6.07, 6.45) is 0. The molecule has 0 bridgehead atoms. The summed E-state index contributed by atoms with van der Waals surface area (Å²) in [4.78, 5) is 4.37. The van der Waals surface area contributed by atoms with Crippen molar-refractivity contribution in [3.05, 3.63) is 48.5 Å². The molecule has 0 aliphatic heterocycles. The third-order valence-electron chi connectivity index (χ3n) is 2.95. The van der Waals surface area contributed by atoms with Gasteiger partial charge in [0.1, 0.15) is 11.5 Å². The van der Waals surface area contributed by atoms with E-state index in [2.05, 4.69) is 10.1 Å². The first kappa shape index (κ1) is 13.2. The minimum atomic E-state index is 0.155. The van der Waals surface area contributed by atoms with Crippen LogP contribution in [0.15, 0.2) is 53.1 Å². The van der Waals surface area contributed by atoms with E-state index >= 15 is 0 Å². The van der Waals surface area contributed by atoms with Gasteiger partial charge in [-0.15, -0.1) is 0 Å². The number of hydrogen-bond donors (Lipinski definition) is 1. The molecule has 0 aliphatic carbocycles. The number of rotatable bonds is 4. The van der Waals surface area contributed by atoms with Gasteiger partial charge in [-0.3, -0.25) is 0 Å². The Morgan fingerprint density at radius 3 is 2.81 bits per heavy atom. The van der Waals surface area contributed by atoms with Gasteiger partial charge in [-0.05, 0) is 37.3 Å². The maximum absolute atomic E-state index is 9.50. The monoisotopic (exact) mass is 282 g/mol. The molecule has 0 aliphatic rings. The number of phenolic OH excluding ortho intramolecular Hbond substituents is 1. The molecule has 106 valence electrons. The first-order chi connectivity index (χ1) is 10.3. The average molecular weight is 282 g/mol. The van der Waals surface area contributed by atoms with Crippen LogP contribution >= 0.6 is 0 Å². The van der Waals surface area contributed by atoms with Crippen LogP contribution in [0.3, 0.4) is 0 Å². The van der Waals surface area contributed by atoms with E-state index in [1.165, 1.54) is 0 Å². The predicted molar refractivity (Wildman–Crippen MR) is 78.0 cm³/mol. The van der Waals surface area contributed by atoms with Crippen molar-refractivity contribution in [3.63, 3.8) is 0 Å². The van der Waals surface area contributed by atoms with Gasteiger partial charge in [-0.2, -0.15) is 4.98 Å². The third kappa shape index (κ3) is 2.72. The highest BCUT2D eigenvalue weighted by molar-refractivity contribution is 5.66. The Morgan fingerprint density at radius 1 is 1.14 bits per heavy atom. The molecule has 1 aromatic heterocycles. The standard InChI is InChI=1S/C16H14N2O3/c1-2-20-14-9-4-3-8-13(14)15-17-16(21-18-15)11-6-5-7-12(19)10-11/h3-10,19H,2H2,1H3. The Morgan fingerprint density at radius 2 is 2.00 bits per heavy atom. The predicted octanol–water partition coefficient (Wildman–Crippen LogP) is 3.51. The Hall–Kier alpha value is -2.82. The number of aromatic hydroxyl groups is 1. The van der Waals surface area contributed by atoms with Crippen molar-refractivity contribution in [2.24, 2.45) is 0 Å². The van der Waals surface area contributed by atoms with Crippen LogP contribution in [0, 0.1) is 0 Å². The van der Waals surface area contributed by atoms with Gasteiger partial charge in [-0.25, -0.2) is 0 Å². The van der Waals surface area contributed by atoms with Crippen molar-refractivity contribution in [1.29, 1.82) is 0 Å². The molecule has 21 heavy (non-hydrogen) atoms. The number of benzene rings is 2. The van der Waals surface area contributed by atoms with E-state index in [4.69, 9.17) is 9.26 Å². The zero-order valence-electron chi connectivity index (χ0n) is 11.5. The summed E-state index contributed by atoms with van der Waals surface area (Å²) in [5, 5.41) is 13.5. The lowest BCUT2D eigenvalue weighted by atomic mass is 10.2. The molecule has 5 nitrogen and oxygen atoms in total. The van der Waals surface area contributed by atoms with E-state index in [1.807, 2.05) is 31.2 Å². The summed E-state index contributed by atoms with van der Waals surface area (Å²) in [5.41, 5.74) is 1.44. The molecule has 0 spiro atoms. The summed E-state index contributed by atoms with van der Waals surface area (Å²) in [5.74, 6) is 1.68. The van der Waals surface area contributed by atoms with Crippen LogP contribution in [-0.4, -0.2) is 21.9 Å². The molecule has 0 radical (unpaired) electrons. The summed E-state index contributed by atoms with van der Waals surface area (Å²) >= 11 is 0. The zero-order chi connectivity index (χ0) is 14.7. The SMILES string of the molecule is CCOc1ccccc1-c1noc(-c2cccc(O)c2)n1. The molecule has 5 heteroatoms. The van der Waals surface area contributed by atoms with Crippen molar-refractivity contribution >= 4 is 0 Å². The van der Waals surface area contributed by atoms with Gasteiger partial charge in [0.05, 0.1) is 12.2 Å². The molecule has 0 atom stereocenters. The fourth-order valence-corrected chi connectivity index (χ4v) is 2.02. The van der Waals surface area contributed by atoms with Gasteiger partial charge >= 0.3 is 0 Å². The van der Waals surface area contributed by atoms with E-state index < -0.39 is 0 Å². The van der Waals surface area contributed by atoms with Crippen molar-refractivity contribution in [2.45, 2.75) is 6.92 Å². The van der Waals surface area contributed by atoms with Gasteiger partial charge in [0, 0.05) is 5.56 Å². The Kier molecular flexibility index (Phi) is 3.55.